The van der Waals surface area contributed by atoms with E-state index in [-0.39, 0.29) is 17.6 Å². The summed E-state index contributed by atoms with van der Waals surface area (Å²) < 4.78 is 20.3. The van der Waals surface area contributed by atoms with E-state index in [1.807, 2.05) is 24.3 Å². The van der Waals surface area contributed by atoms with E-state index in [9.17, 15) is 14.3 Å². The van der Waals surface area contributed by atoms with Gasteiger partial charge in [-0.15, -0.1) is 0 Å². The highest BCUT2D eigenvalue weighted by Gasteiger charge is 2.29. The van der Waals surface area contributed by atoms with Gasteiger partial charge in [-0.25, -0.2) is 9.18 Å². The van der Waals surface area contributed by atoms with Crippen molar-refractivity contribution in [2.24, 2.45) is 0 Å². The smallest absolute Gasteiger partial charge is 0.338 e. The molecule has 4 nitrogen and oxygen atoms in total. The van der Waals surface area contributed by atoms with Crippen molar-refractivity contribution in [1.29, 1.82) is 0 Å². The molecule has 2 atom stereocenters. The van der Waals surface area contributed by atoms with Gasteiger partial charge in [-0.1, -0.05) is 66.7 Å². The highest BCUT2D eigenvalue weighted by Crippen LogP contribution is 2.41. The molecule has 36 heavy (non-hydrogen) atoms. The molecule has 184 valence electrons. The van der Waals surface area contributed by atoms with Gasteiger partial charge in [0.15, 0.2) is 0 Å². The molecule has 2 N–H and O–H groups in total. The van der Waals surface area contributed by atoms with Gasteiger partial charge in [-0.2, -0.15) is 0 Å². The summed E-state index contributed by atoms with van der Waals surface area (Å²) in [6, 6.07) is 27.2. The first-order valence-electron chi connectivity index (χ1n) is 12.6. The van der Waals surface area contributed by atoms with Crippen molar-refractivity contribution in [3.63, 3.8) is 0 Å². The summed E-state index contributed by atoms with van der Waals surface area (Å²) in [6.07, 6.45) is 3.59. The van der Waals surface area contributed by atoms with Gasteiger partial charge in [0.1, 0.15) is 11.6 Å². The molecule has 0 spiro atoms. The molecule has 0 bridgehead atoms. The minimum absolute atomic E-state index is 0.0168. The molecule has 1 aliphatic rings. The highest BCUT2D eigenvalue weighted by atomic mass is 19.1. The lowest BCUT2D eigenvalue weighted by atomic mass is 9.82. The minimum atomic E-state index is -1.25. The number of carbonyl (C=O) groups is 1. The lowest BCUT2D eigenvalue weighted by Crippen LogP contribution is -2.28. The van der Waals surface area contributed by atoms with E-state index in [0.717, 1.165) is 55.6 Å². The molecular formula is C31H30FNO3. The number of para-hydroxylation sites is 1. The van der Waals surface area contributed by atoms with Crippen molar-refractivity contribution in [3.05, 3.63) is 113 Å². The van der Waals surface area contributed by atoms with Crippen molar-refractivity contribution in [2.45, 2.75) is 37.7 Å². The van der Waals surface area contributed by atoms with Gasteiger partial charge in [0.05, 0.1) is 11.7 Å². The van der Waals surface area contributed by atoms with Gasteiger partial charge in [-0.05, 0) is 78.9 Å². The number of fused-ring (bicyclic) bond motifs is 2. The normalized spacial score (nSPS) is 16.9. The lowest BCUT2D eigenvalue weighted by molar-refractivity contribution is 0.0691. The quantitative estimate of drug-likeness (QED) is 0.264. The van der Waals surface area contributed by atoms with E-state index in [4.69, 9.17) is 4.74 Å². The number of rotatable bonds is 9. The van der Waals surface area contributed by atoms with Crippen LogP contribution in [-0.4, -0.2) is 30.3 Å². The first-order chi connectivity index (χ1) is 17.6. The second-order valence-electron chi connectivity index (χ2n) is 9.39. The standard InChI is InChI=1S/C31H30FNO3/c32-29-15-14-23(19-28(29)31(34)35)27-20-24(36-30-13-4-3-12-26(27)30)10-6-17-33-18-16-22-9-5-8-21-7-1-2-11-25(21)22/h1-5,7-9,11-15,19,24,27,33H,6,10,16-18,20H2,(H,34,35)/t24-,27+/m0/s1. The molecule has 4 aromatic carbocycles. The van der Waals surface area contributed by atoms with E-state index in [2.05, 4.69) is 47.8 Å². The Morgan fingerprint density at radius 1 is 0.972 bits per heavy atom. The van der Waals surface area contributed by atoms with Gasteiger partial charge in [0.25, 0.3) is 0 Å². The van der Waals surface area contributed by atoms with Crippen LogP contribution in [0.3, 0.4) is 0 Å². The maximum Gasteiger partial charge on any atom is 0.338 e. The van der Waals surface area contributed by atoms with Gasteiger partial charge in [0.2, 0.25) is 0 Å². The van der Waals surface area contributed by atoms with Crippen molar-refractivity contribution in [3.8, 4) is 5.75 Å². The summed E-state index contributed by atoms with van der Waals surface area (Å²) in [7, 11) is 0. The number of carboxylic acid groups (broad SMARTS) is 1. The maximum absolute atomic E-state index is 14.0. The third-order valence-corrected chi connectivity index (χ3v) is 7.04. The molecule has 0 amide bonds. The van der Waals surface area contributed by atoms with Crippen molar-refractivity contribution in [1.82, 2.24) is 5.32 Å². The molecule has 0 saturated heterocycles. The van der Waals surface area contributed by atoms with Crippen LogP contribution in [0.2, 0.25) is 0 Å². The number of aromatic carboxylic acids is 1. The van der Waals surface area contributed by atoms with Gasteiger partial charge < -0.3 is 15.2 Å². The Balaban J connectivity index is 1.18. The van der Waals surface area contributed by atoms with Crippen LogP contribution in [0.4, 0.5) is 4.39 Å². The van der Waals surface area contributed by atoms with Crippen molar-refractivity contribution >= 4 is 16.7 Å². The van der Waals surface area contributed by atoms with E-state index in [1.165, 1.54) is 28.5 Å². The van der Waals surface area contributed by atoms with Gasteiger partial charge in [0, 0.05) is 11.5 Å². The molecular weight excluding hydrogens is 453 g/mol. The van der Waals surface area contributed by atoms with Crippen LogP contribution < -0.4 is 10.1 Å². The second kappa shape index (κ2) is 10.9. The maximum atomic E-state index is 14.0. The Labute approximate surface area is 210 Å². The topological polar surface area (TPSA) is 58.6 Å². The molecule has 0 unspecified atom stereocenters. The summed E-state index contributed by atoms with van der Waals surface area (Å²) in [5.74, 6) is -1.17. The zero-order valence-electron chi connectivity index (χ0n) is 20.1. The SMILES string of the molecule is O=C(O)c1cc([C@H]2C[C@H](CCCNCCc3cccc4ccccc34)Oc3ccccc32)ccc1F. The van der Waals surface area contributed by atoms with E-state index in [0.29, 0.717) is 0 Å². The molecule has 1 heterocycles. The molecule has 0 fully saturated rings. The largest absolute Gasteiger partial charge is 0.490 e. The number of hydrogen-bond acceptors (Lipinski definition) is 3. The minimum Gasteiger partial charge on any atom is -0.490 e. The molecule has 0 saturated carbocycles. The van der Waals surface area contributed by atoms with Crippen LogP contribution in [0.1, 0.15) is 52.2 Å². The predicted octanol–water partition coefficient (Wildman–Crippen LogP) is 6.57. The lowest BCUT2D eigenvalue weighted by Gasteiger charge is -2.33. The summed E-state index contributed by atoms with van der Waals surface area (Å²) in [5, 5.41) is 15.5. The highest BCUT2D eigenvalue weighted by molar-refractivity contribution is 5.88. The number of hydrogen-bond donors (Lipinski definition) is 2. The fraction of sp³-hybridized carbons (Fsp3) is 0.258. The van der Waals surface area contributed by atoms with Crippen LogP contribution >= 0.6 is 0 Å². The summed E-state index contributed by atoms with van der Waals surface area (Å²) >= 11 is 0. The van der Waals surface area contributed by atoms with Crippen LogP contribution in [0.5, 0.6) is 5.75 Å². The monoisotopic (exact) mass is 483 g/mol. The average molecular weight is 484 g/mol. The van der Waals surface area contributed by atoms with Crippen molar-refractivity contribution < 1.29 is 19.0 Å². The Morgan fingerprint density at radius 3 is 2.67 bits per heavy atom. The third kappa shape index (κ3) is 5.26. The van der Waals surface area contributed by atoms with E-state index >= 15 is 0 Å². The van der Waals surface area contributed by atoms with Crippen LogP contribution in [0.25, 0.3) is 10.8 Å². The number of nitrogens with one attached hydrogen (secondary N) is 1. The summed E-state index contributed by atoms with van der Waals surface area (Å²) in [5.41, 5.74) is 2.90. The molecule has 0 aromatic heterocycles. The first-order valence-corrected chi connectivity index (χ1v) is 12.6. The van der Waals surface area contributed by atoms with Crippen LogP contribution in [-0.2, 0) is 6.42 Å². The van der Waals surface area contributed by atoms with Crippen LogP contribution in [0, 0.1) is 5.82 Å². The number of ether oxygens (including phenoxy) is 1. The molecule has 0 aliphatic carbocycles. The molecule has 0 radical (unpaired) electrons. The van der Waals surface area contributed by atoms with Gasteiger partial charge in [-0.3, -0.25) is 0 Å². The zero-order chi connectivity index (χ0) is 24.9. The Morgan fingerprint density at radius 2 is 1.78 bits per heavy atom. The number of halogens is 1. The average Bonchev–Trinajstić information content (AvgIpc) is 2.90. The fourth-order valence-electron chi connectivity index (χ4n) is 5.22. The molecule has 5 heteroatoms. The fourth-order valence-corrected chi connectivity index (χ4v) is 5.22. The predicted molar refractivity (Wildman–Crippen MR) is 140 cm³/mol. The molecule has 4 aromatic rings. The van der Waals surface area contributed by atoms with E-state index < -0.39 is 11.8 Å². The summed E-state index contributed by atoms with van der Waals surface area (Å²) in [6.45, 7) is 1.81. The summed E-state index contributed by atoms with van der Waals surface area (Å²) in [4.78, 5) is 11.5. The zero-order valence-corrected chi connectivity index (χ0v) is 20.1. The Kier molecular flexibility index (Phi) is 7.28. The van der Waals surface area contributed by atoms with E-state index in [1.54, 1.807) is 6.07 Å². The Bertz CT molecular complexity index is 1360. The first kappa shape index (κ1) is 24.0. The van der Waals surface area contributed by atoms with Gasteiger partial charge >= 0.3 is 5.97 Å². The molecule has 5 rings (SSSR count). The number of carboxylic acids is 1. The van der Waals surface area contributed by atoms with Crippen LogP contribution in [0.15, 0.2) is 84.9 Å². The Hall–Kier alpha value is -3.70. The second-order valence-corrected chi connectivity index (χ2v) is 9.39. The van der Waals surface area contributed by atoms with Crippen molar-refractivity contribution in [2.75, 3.05) is 13.1 Å². The molecule has 1 aliphatic heterocycles. The number of benzene rings is 4. The third-order valence-electron chi connectivity index (χ3n) is 7.04.